The number of aromatic nitrogens is 3. The number of phenolic OH excluding ortho intramolecular Hbond substituents is 1. The Morgan fingerprint density at radius 3 is 2.59 bits per heavy atom. The number of carbonyl (C=O) groups is 1. The first-order valence-electron chi connectivity index (χ1n) is 8.38. The predicted molar refractivity (Wildman–Crippen MR) is 108 cm³/mol. The van der Waals surface area contributed by atoms with Crippen LogP contribution in [0.1, 0.15) is 0 Å². The number of hydrogen-bond donors (Lipinski definition) is 1. The van der Waals surface area contributed by atoms with E-state index in [1.54, 1.807) is 36.2 Å². The molecule has 1 N–H and O–H groups in total. The molecule has 0 fully saturated rings. The molecule has 7 heteroatoms. The Bertz CT molecular complexity index is 940. The lowest BCUT2D eigenvalue weighted by molar-refractivity contribution is -0.115. The maximum Gasteiger partial charge on any atom is 0.237 e. The Hall–Kier alpha value is -3.06. The smallest absolute Gasteiger partial charge is 0.237 e. The molecule has 1 heterocycles. The monoisotopic (exact) mass is 380 g/mol. The van der Waals surface area contributed by atoms with E-state index in [0.717, 1.165) is 5.69 Å². The summed E-state index contributed by atoms with van der Waals surface area (Å²) in [6.45, 7) is 4.25. The van der Waals surface area contributed by atoms with Crippen molar-refractivity contribution >= 4 is 23.4 Å². The Balaban J connectivity index is 1.78. The number of allylic oxidation sites excluding steroid dienone is 1. The molecule has 0 bridgehead atoms. The van der Waals surface area contributed by atoms with Crippen molar-refractivity contribution in [3.05, 3.63) is 67.3 Å². The van der Waals surface area contributed by atoms with Crippen molar-refractivity contribution in [1.29, 1.82) is 0 Å². The average Bonchev–Trinajstić information content (AvgIpc) is 3.09. The Morgan fingerprint density at radius 1 is 1.19 bits per heavy atom. The molecule has 0 aliphatic rings. The number of para-hydroxylation sites is 2. The van der Waals surface area contributed by atoms with Crippen LogP contribution in [0, 0.1) is 0 Å². The molecular weight excluding hydrogens is 360 g/mol. The summed E-state index contributed by atoms with van der Waals surface area (Å²) in [6, 6.07) is 16.4. The van der Waals surface area contributed by atoms with Gasteiger partial charge in [0.2, 0.25) is 5.91 Å². The lowest BCUT2D eigenvalue weighted by Gasteiger charge is -2.17. The fourth-order valence-corrected chi connectivity index (χ4v) is 3.43. The van der Waals surface area contributed by atoms with E-state index in [-0.39, 0.29) is 17.4 Å². The average molecular weight is 380 g/mol. The van der Waals surface area contributed by atoms with Gasteiger partial charge < -0.3 is 10.0 Å². The van der Waals surface area contributed by atoms with Gasteiger partial charge in [-0.25, -0.2) is 0 Å². The minimum atomic E-state index is -0.0385. The third kappa shape index (κ3) is 4.20. The highest BCUT2D eigenvalue weighted by atomic mass is 32.2. The minimum Gasteiger partial charge on any atom is -0.507 e. The molecule has 138 valence electrons. The maximum atomic E-state index is 12.5. The molecule has 1 amide bonds. The number of thioether (sulfide) groups is 1. The van der Waals surface area contributed by atoms with Crippen molar-refractivity contribution < 1.29 is 9.90 Å². The number of nitrogens with zero attached hydrogens (tertiary/aromatic N) is 4. The van der Waals surface area contributed by atoms with Gasteiger partial charge in [0.25, 0.3) is 0 Å². The van der Waals surface area contributed by atoms with Crippen LogP contribution >= 0.6 is 11.8 Å². The zero-order valence-electron chi connectivity index (χ0n) is 14.9. The van der Waals surface area contributed by atoms with Gasteiger partial charge in [-0.1, -0.05) is 48.2 Å². The van der Waals surface area contributed by atoms with Crippen LogP contribution in [-0.4, -0.2) is 38.6 Å². The maximum absolute atomic E-state index is 12.5. The molecule has 0 atom stereocenters. The van der Waals surface area contributed by atoms with Crippen molar-refractivity contribution in [2.24, 2.45) is 0 Å². The van der Waals surface area contributed by atoms with Gasteiger partial charge >= 0.3 is 0 Å². The van der Waals surface area contributed by atoms with E-state index in [2.05, 4.69) is 16.8 Å². The van der Waals surface area contributed by atoms with E-state index in [9.17, 15) is 9.90 Å². The second-order valence-electron chi connectivity index (χ2n) is 5.80. The number of carbonyl (C=O) groups excluding carboxylic acids is 1. The van der Waals surface area contributed by atoms with E-state index < -0.39 is 0 Å². The molecule has 0 aliphatic carbocycles. The molecule has 0 radical (unpaired) electrons. The summed E-state index contributed by atoms with van der Waals surface area (Å²) >= 11 is 1.31. The number of phenols is 1. The van der Waals surface area contributed by atoms with Crippen molar-refractivity contribution in [2.45, 2.75) is 11.7 Å². The number of anilines is 1. The molecule has 0 saturated carbocycles. The van der Waals surface area contributed by atoms with Crippen molar-refractivity contribution in [3.63, 3.8) is 0 Å². The fourth-order valence-electron chi connectivity index (χ4n) is 2.57. The lowest BCUT2D eigenvalue weighted by atomic mass is 10.2. The van der Waals surface area contributed by atoms with E-state index in [1.807, 2.05) is 41.0 Å². The Morgan fingerprint density at radius 2 is 1.89 bits per heavy atom. The number of rotatable bonds is 7. The third-order valence-electron chi connectivity index (χ3n) is 4.02. The van der Waals surface area contributed by atoms with Gasteiger partial charge in [-0.2, -0.15) is 0 Å². The SMILES string of the molecule is C=CCn1c(SCC(=O)N(C)c2ccccc2)nnc1-c1ccccc1O. The summed E-state index contributed by atoms with van der Waals surface area (Å²) < 4.78 is 1.84. The van der Waals surface area contributed by atoms with Crippen LogP contribution in [0.3, 0.4) is 0 Å². The summed E-state index contributed by atoms with van der Waals surface area (Å²) in [4.78, 5) is 14.1. The summed E-state index contributed by atoms with van der Waals surface area (Å²) in [5, 5.41) is 19.1. The topological polar surface area (TPSA) is 71.2 Å². The largest absolute Gasteiger partial charge is 0.507 e. The predicted octanol–water partition coefficient (Wildman–Crippen LogP) is 3.59. The number of benzene rings is 2. The zero-order valence-corrected chi connectivity index (χ0v) is 15.8. The highest BCUT2D eigenvalue weighted by Crippen LogP contribution is 2.30. The van der Waals surface area contributed by atoms with Gasteiger partial charge in [-0.3, -0.25) is 9.36 Å². The van der Waals surface area contributed by atoms with E-state index in [1.165, 1.54) is 11.8 Å². The normalized spacial score (nSPS) is 10.6. The summed E-state index contributed by atoms with van der Waals surface area (Å²) in [6.07, 6.45) is 1.73. The van der Waals surface area contributed by atoms with Gasteiger partial charge in [0, 0.05) is 19.3 Å². The fraction of sp³-hybridized carbons (Fsp3) is 0.150. The van der Waals surface area contributed by atoms with Gasteiger partial charge in [-0.15, -0.1) is 16.8 Å². The zero-order chi connectivity index (χ0) is 19.2. The van der Waals surface area contributed by atoms with Gasteiger partial charge in [0.15, 0.2) is 11.0 Å². The standard InChI is InChI=1S/C20H20N4O2S/c1-3-13-24-19(16-11-7-8-12-17(16)25)21-22-20(24)27-14-18(26)23(2)15-9-5-4-6-10-15/h3-12,25H,1,13-14H2,2H3. The number of aromatic hydroxyl groups is 1. The van der Waals surface area contributed by atoms with Crippen LogP contribution in [-0.2, 0) is 11.3 Å². The Labute approximate surface area is 162 Å². The molecule has 3 aromatic rings. The van der Waals surface area contributed by atoms with E-state index in [4.69, 9.17) is 0 Å². The highest BCUT2D eigenvalue weighted by Gasteiger charge is 2.18. The molecule has 0 unspecified atom stereocenters. The Kier molecular flexibility index (Phi) is 5.93. The van der Waals surface area contributed by atoms with Crippen LogP contribution in [0.25, 0.3) is 11.4 Å². The number of hydrogen-bond acceptors (Lipinski definition) is 5. The molecule has 0 aliphatic heterocycles. The summed E-state index contributed by atoms with van der Waals surface area (Å²) in [7, 11) is 1.75. The molecular formula is C20H20N4O2S. The van der Waals surface area contributed by atoms with Crippen molar-refractivity contribution in [3.8, 4) is 17.1 Å². The molecule has 2 aromatic carbocycles. The first-order valence-corrected chi connectivity index (χ1v) is 9.37. The van der Waals surface area contributed by atoms with E-state index in [0.29, 0.717) is 23.1 Å². The van der Waals surface area contributed by atoms with Crippen LogP contribution in [0.4, 0.5) is 5.69 Å². The van der Waals surface area contributed by atoms with Crippen molar-refractivity contribution in [1.82, 2.24) is 14.8 Å². The van der Waals surface area contributed by atoms with Gasteiger partial charge in [-0.05, 0) is 24.3 Å². The first kappa shape index (κ1) is 18.7. The minimum absolute atomic E-state index is 0.0385. The second-order valence-corrected chi connectivity index (χ2v) is 6.74. The molecule has 0 spiro atoms. The molecule has 1 aromatic heterocycles. The lowest BCUT2D eigenvalue weighted by Crippen LogP contribution is -2.27. The number of amides is 1. The van der Waals surface area contributed by atoms with E-state index >= 15 is 0 Å². The van der Waals surface area contributed by atoms with Crippen LogP contribution in [0.2, 0.25) is 0 Å². The first-order chi connectivity index (χ1) is 13.1. The molecule has 27 heavy (non-hydrogen) atoms. The van der Waals surface area contributed by atoms with Crippen LogP contribution in [0.5, 0.6) is 5.75 Å². The molecule has 0 saturated heterocycles. The molecule has 6 nitrogen and oxygen atoms in total. The third-order valence-corrected chi connectivity index (χ3v) is 4.97. The van der Waals surface area contributed by atoms with Crippen molar-refractivity contribution in [2.75, 3.05) is 17.7 Å². The summed E-state index contributed by atoms with van der Waals surface area (Å²) in [5.74, 6) is 0.857. The van der Waals surface area contributed by atoms with Gasteiger partial charge in [0.05, 0.1) is 11.3 Å². The summed E-state index contributed by atoms with van der Waals surface area (Å²) in [5.41, 5.74) is 1.43. The molecule has 3 rings (SSSR count). The van der Waals surface area contributed by atoms with Crippen LogP contribution < -0.4 is 4.90 Å². The second kappa shape index (κ2) is 8.55. The highest BCUT2D eigenvalue weighted by molar-refractivity contribution is 7.99. The van der Waals surface area contributed by atoms with Gasteiger partial charge in [0.1, 0.15) is 5.75 Å². The van der Waals surface area contributed by atoms with Crippen LogP contribution in [0.15, 0.2) is 72.4 Å². The quantitative estimate of drug-likeness (QED) is 0.501.